The van der Waals surface area contributed by atoms with Gasteiger partial charge in [0.05, 0.1) is 5.02 Å². The van der Waals surface area contributed by atoms with Crippen LogP contribution in [0.15, 0.2) is 18.2 Å². The van der Waals surface area contributed by atoms with Gasteiger partial charge in [-0.05, 0) is 23.4 Å². The Kier molecular flexibility index (Phi) is 1.94. The summed E-state index contributed by atoms with van der Waals surface area (Å²) in [5.41, 5.74) is 0.625. The summed E-state index contributed by atoms with van der Waals surface area (Å²) in [7, 11) is 0. The van der Waals surface area contributed by atoms with Crippen LogP contribution in [0.5, 0.6) is 0 Å². The number of nitrogens with one attached hydrogen (secondary N) is 1. The van der Waals surface area contributed by atoms with Crippen molar-refractivity contribution < 1.29 is 4.39 Å². The van der Waals surface area contributed by atoms with Crippen LogP contribution in [0.1, 0.15) is 0 Å². The molecule has 13 heavy (non-hydrogen) atoms. The predicted octanol–water partition coefficient (Wildman–Crippen LogP) is 1.66. The van der Waals surface area contributed by atoms with Gasteiger partial charge in [0.25, 0.3) is 0 Å². The molecule has 1 aromatic carbocycles. The van der Waals surface area contributed by atoms with Gasteiger partial charge in [-0.25, -0.2) is 4.39 Å². The number of aromatic nitrogens is 4. The van der Waals surface area contributed by atoms with Gasteiger partial charge in [0, 0.05) is 5.56 Å². The van der Waals surface area contributed by atoms with Crippen LogP contribution in [0, 0.1) is 5.82 Å². The third-order valence-corrected chi connectivity index (χ3v) is 1.81. The van der Waals surface area contributed by atoms with Crippen molar-refractivity contribution in [1.29, 1.82) is 0 Å². The molecule has 4 nitrogen and oxygen atoms in total. The Balaban J connectivity index is 2.49. The Morgan fingerprint density at radius 1 is 1.38 bits per heavy atom. The number of benzene rings is 1. The average Bonchev–Trinajstić information content (AvgIpc) is 2.62. The van der Waals surface area contributed by atoms with Crippen LogP contribution < -0.4 is 0 Å². The van der Waals surface area contributed by atoms with Crippen LogP contribution in [-0.2, 0) is 0 Å². The van der Waals surface area contributed by atoms with E-state index >= 15 is 0 Å². The Morgan fingerprint density at radius 3 is 2.85 bits per heavy atom. The van der Waals surface area contributed by atoms with E-state index < -0.39 is 5.82 Å². The zero-order chi connectivity index (χ0) is 9.26. The monoisotopic (exact) mass is 198 g/mol. The van der Waals surface area contributed by atoms with E-state index in [2.05, 4.69) is 20.6 Å². The van der Waals surface area contributed by atoms with Gasteiger partial charge in [0.1, 0.15) is 5.82 Å². The van der Waals surface area contributed by atoms with Crippen molar-refractivity contribution in [2.24, 2.45) is 0 Å². The first-order chi connectivity index (χ1) is 6.27. The lowest BCUT2D eigenvalue weighted by atomic mass is 10.2. The summed E-state index contributed by atoms with van der Waals surface area (Å²) < 4.78 is 12.7. The van der Waals surface area contributed by atoms with Gasteiger partial charge in [-0.1, -0.05) is 11.6 Å². The highest BCUT2D eigenvalue weighted by atomic mass is 35.5. The van der Waals surface area contributed by atoms with Gasteiger partial charge in [-0.2, -0.15) is 5.21 Å². The van der Waals surface area contributed by atoms with Crippen molar-refractivity contribution in [3.05, 3.63) is 29.0 Å². The minimum atomic E-state index is -0.464. The van der Waals surface area contributed by atoms with E-state index in [4.69, 9.17) is 11.6 Å². The zero-order valence-corrected chi connectivity index (χ0v) is 7.09. The van der Waals surface area contributed by atoms with E-state index in [1.54, 1.807) is 0 Å². The highest BCUT2D eigenvalue weighted by Crippen LogP contribution is 2.21. The standard InChI is InChI=1S/C7H4ClFN4/c8-5-3-4(1-2-6(5)9)7-10-12-13-11-7/h1-3H,(H,10,11,12,13). The quantitative estimate of drug-likeness (QED) is 0.758. The number of H-pyrrole nitrogens is 1. The fourth-order valence-electron chi connectivity index (χ4n) is 0.919. The van der Waals surface area contributed by atoms with E-state index in [0.29, 0.717) is 11.4 Å². The maximum Gasteiger partial charge on any atom is 0.204 e. The Morgan fingerprint density at radius 2 is 2.23 bits per heavy atom. The van der Waals surface area contributed by atoms with Crippen molar-refractivity contribution in [3.63, 3.8) is 0 Å². The van der Waals surface area contributed by atoms with Crippen LogP contribution in [-0.4, -0.2) is 20.6 Å². The van der Waals surface area contributed by atoms with Crippen LogP contribution in [0.3, 0.4) is 0 Å². The molecular weight excluding hydrogens is 195 g/mol. The maximum absolute atomic E-state index is 12.7. The summed E-state index contributed by atoms with van der Waals surface area (Å²) in [5.74, 6) is -0.0733. The molecule has 0 atom stereocenters. The fourth-order valence-corrected chi connectivity index (χ4v) is 1.10. The van der Waals surface area contributed by atoms with Crippen LogP contribution in [0.25, 0.3) is 11.4 Å². The summed E-state index contributed by atoms with van der Waals surface area (Å²) in [6.07, 6.45) is 0. The molecule has 0 amide bonds. The normalized spacial score (nSPS) is 10.3. The molecule has 1 aromatic heterocycles. The molecule has 0 aliphatic rings. The number of rotatable bonds is 1. The first-order valence-electron chi connectivity index (χ1n) is 3.46. The van der Waals surface area contributed by atoms with E-state index in [1.165, 1.54) is 18.2 Å². The van der Waals surface area contributed by atoms with Gasteiger partial charge in [0.15, 0.2) is 0 Å². The average molecular weight is 199 g/mol. The smallest absolute Gasteiger partial charge is 0.204 e. The highest BCUT2D eigenvalue weighted by Gasteiger charge is 2.05. The summed E-state index contributed by atoms with van der Waals surface area (Å²) in [5, 5.41) is 13.2. The second-order valence-corrected chi connectivity index (χ2v) is 2.77. The maximum atomic E-state index is 12.7. The Bertz CT molecular complexity index is 414. The van der Waals surface area contributed by atoms with Crippen molar-refractivity contribution in [2.45, 2.75) is 0 Å². The summed E-state index contributed by atoms with van der Waals surface area (Å²) in [6.45, 7) is 0. The summed E-state index contributed by atoms with van der Waals surface area (Å²) >= 11 is 5.57. The van der Waals surface area contributed by atoms with Gasteiger partial charge in [-0.15, -0.1) is 10.2 Å². The van der Waals surface area contributed by atoms with Gasteiger partial charge < -0.3 is 0 Å². The summed E-state index contributed by atoms with van der Waals surface area (Å²) in [6, 6.07) is 4.24. The molecule has 2 rings (SSSR count). The van der Waals surface area contributed by atoms with Crippen molar-refractivity contribution >= 4 is 11.6 Å². The molecular formula is C7H4ClFN4. The lowest BCUT2D eigenvalue weighted by Crippen LogP contribution is -1.83. The van der Waals surface area contributed by atoms with E-state index in [9.17, 15) is 4.39 Å². The van der Waals surface area contributed by atoms with Crippen molar-refractivity contribution in [2.75, 3.05) is 0 Å². The third-order valence-electron chi connectivity index (χ3n) is 1.52. The molecule has 1 N–H and O–H groups in total. The molecule has 66 valence electrons. The largest absolute Gasteiger partial charge is 0.205 e. The number of halogens is 2. The third kappa shape index (κ3) is 1.50. The molecule has 0 unspecified atom stereocenters. The SMILES string of the molecule is Fc1ccc(-c2nn[nH]n2)cc1Cl. The Labute approximate surface area is 77.7 Å². The minimum Gasteiger partial charge on any atom is -0.205 e. The molecule has 0 aliphatic carbocycles. The molecule has 0 bridgehead atoms. The molecule has 0 aliphatic heterocycles. The lowest BCUT2D eigenvalue weighted by molar-refractivity contribution is 0.628. The van der Waals surface area contributed by atoms with Gasteiger partial charge in [-0.3, -0.25) is 0 Å². The second kappa shape index (κ2) is 3.10. The van der Waals surface area contributed by atoms with Crippen molar-refractivity contribution in [3.8, 4) is 11.4 Å². The van der Waals surface area contributed by atoms with E-state index in [1.807, 2.05) is 0 Å². The predicted molar refractivity (Wildman–Crippen MR) is 44.6 cm³/mol. The van der Waals surface area contributed by atoms with Crippen LogP contribution >= 0.6 is 11.6 Å². The minimum absolute atomic E-state index is 0.0438. The first kappa shape index (κ1) is 8.12. The van der Waals surface area contributed by atoms with Crippen molar-refractivity contribution in [1.82, 2.24) is 20.6 Å². The molecule has 0 saturated heterocycles. The van der Waals surface area contributed by atoms with Crippen LogP contribution in [0.4, 0.5) is 4.39 Å². The molecule has 2 aromatic rings. The topological polar surface area (TPSA) is 54.5 Å². The molecule has 0 fully saturated rings. The highest BCUT2D eigenvalue weighted by molar-refractivity contribution is 6.31. The molecule has 1 heterocycles. The Hall–Kier alpha value is -1.49. The number of aromatic amines is 1. The number of hydrogen-bond acceptors (Lipinski definition) is 3. The number of nitrogens with zero attached hydrogens (tertiary/aromatic N) is 3. The molecule has 0 spiro atoms. The zero-order valence-electron chi connectivity index (χ0n) is 6.33. The number of hydrogen-bond donors (Lipinski definition) is 1. The molecule has 0 saturated carbocycles. The van der Waals surface area contributed by atoms with Crippen LogP contribution in [0.2, 0.25) is 5.02 Å². The van der Waals surface area contributed by atoms with E-state index in [0.717, 1.165) is 0 Å². The van der Waals surface area contributed by atoms with Gasteiger partial charge in [0.2, 0.25) is 5.82 Å². The first-order valence-corrected chi connectivity index (χ1v) is 3.84. The lowest BCUT2D eigenvalue weighted by Gasteiger charge is -1.95. The van der Waals surface area contributed by atoms with E-state index in [-0.39, 0.29) is 5.02 Å². The summed E-state index contributed by atoms with van der Waals surface area (Å²) in [4.78, 5) is 0. The molecule has 0 radical (unpaired) electrons. The fraction of sp³-hybridized carbons (Fsp3) is 0. The van der Waals surface area contributed by atoms with Gasteiger partial charge >= 0.3 is 0 Å². The number of tetrazole rings is 1. The second-order valence-electron chi connectivity index (χ2n) is 2.36. The molecule has 6 heteroatoms.